The Morgan fingerprint density at radius 2 is 2.16 bits per heavy atom. The molecule has 19 heavy (non-hydrogen) atoms. The third-order valence-corrected chi connectivity index (χ3v) is 3.36. The molecule has 0 unspecified atom stereocenters. The zero-order chi connectivity index (χ0) is 13.7. The molecule has 104 valence electrons. The summed E-state index contributed by atoms with van der Waals surface area (Å²) in [6.45, 7) is 3.67. The van der Waals surface area contributed by atoms with Gasteiger partial charge in [-0.1, -0.05) is 0 Å². The van der Waals surface area contributed by atoms with Gasteiger partial charge in [0.15, 0.2) is 0 Å². The van der Waals surface area contributed by atoms with Gasteiger partial charge in [0, 0.05) is 13.1 Å². The fourth-order valence-electron chi connectivity index (χ4n) is 2.25. The van der Waals surface area contributed by atoms with Gasteiger partial charge in [-0.05, 0) is 44.1 Å². The lowest BCUT2D eigenvalue weighted by atomic mass is 10.1. The summed E-state index contributed by atoms with van der Waals surface area (Å²) in [5.41, 5.74) is 0.251. The predicted molar refractivity (Wildman–Crippen MR) is 72.7 cm³/mol. The van der Waals surface area contributed by atoms with Gasteiger partial charge in [-0.15, -0.1) is 0 Å². The summed E-state index contributed by atoms with van der Waals surface area (Å²) in [6, 6.07) is 4.63. The molecule has 1 amide bonds. The van der Waals surface area contributed by atoms with Crippen LogP contribution in [0.5, 0.6) is 11.5 Å². The third-order valence-electron chi connectivity index (χ3n) is 3.36. The molecule has 1 heterocycles. The van der Waals surface area contributed by atoms with Crippen LogP contribution in [0.25, 0.3) is 0 Å². The first kappa shape index (κ1) is 13.7. The Bertz CT molecular complexity index is 442. The number of rotatable bonds is 5. The molecule has 1 aliphatic rings. The highest BCUT2D eigenvalue weighted by Crippen LogP contribution is 2.22. The molecule has 1 aromatic carbocycles. The second kappa shape index (κ2) is 6.43. The van der Waals surface area contributed by atoms with Crippen molar-refractivity contribution in [1.29, 1.82) is 0 Å². The van der Waals surface area contributed by atoms with E-state index in [1.807, 2.05) is 0 Å². The van der Waals surface area contributed by atoms with Gasteiger partial charge in [0.25, 0.3) is 5.91 Å². The number of carbonyl (C=O) groups excluding carboxylic acids is 1. The minimum atomic E-state index is -0.268. The van der Waals surface area contributed by atoms with Crippen LogP contribution in [0, 0.1) is 0 Å². The molecule has 0 bridgehead atoms. The Hall–Kier alpha value is -1.75. The second-order valence-corrected chi connectivity index (χ2v) is 4.69. The van der Waals surface area contributed by atoms with Gasteiger partial charge in [0.2, 0.25) is 0 Å². The SMILES string of the molecule is COc1ccc(O)c(C(=O)NCCN2CCCC2)c1. The molecule has 0 radical (unpaired) electrons. The molecule has 0 aromatic heterocycles. The quantitative estimate of drug-likeness (QED) is 0.839. The number of nitrogens with zero attached hydrogens (tertiary/aromatic N) is 1. The molecule has 0 aliphatic carbocycles. The van der Waals surface area contributed by atoms with Crippen molar-refractivity contribution in [2.24, 2.45) is 0 Å². The van der Waals surface area contributed by atoms with Crippen molar-refractivity contribution in [3.63, 3.8) is 0 Å². The van der Waals surface area contributed by atoms with Gasteiger partial charge < -0.3 is 20.1 Å². The van der Waals surface area contributed by atoms with Gasteiger partial charge in [-0.3, -0.25) is 4.79 Å². The number of carbonyl (C=O) groups is 1. The molecule has 0 spiro atoms. The van der Waals surface area contributed by atoms with Crippen molar-refractivity contribution in [3.8, 4) is 11.5 Å². The largest absolute Gasteiger partial charge is 0.507 e. The number of benzene rings is 1. The molecule has 5 heteroatoms. The average molecular weight is 264 g/mol. The lowest BCUT2D eigenvalue weighted by molar-refractivity contribution is 0.0946. The summed E-state index contributed by atoms with van der Waals surface area (Å²) in [4.78, 5) is 14.3. The Morgan fingerprint density at radius 1 is 1.42 bits per heavy atom. The number of hydrogen-bond donors (Lipinski definition) is 2. The minimum absolute atomic E-state index is 0.0283. The summed E-state index contributed by atoms with van der Waals surface area (Å²) in [5, 5.41) is 12.5. The van der Waals surface area contributed by atoms with Gasteiger partial charge >= 0.3 is 0 Å². The molecule has 1 aromatic rings. The second-order valence-electron chi connectivity index (χ2n) is 4.69. The van der Waals surface area contributed by atoms with E-state index in [2.05, 4.69) is 10.2 Å². The summed E-state index contributed by atoms with van der Waals surface area (Å²) in [7, 11) is 1.53. The van der Waals surface area contributed by atoms with Gasteiger partial charge in [-0.2, -0.15) is 0 Å². The van der Waals surface area contributed by atoms with Gasteiger partial charge in [0.05, 0.1) is 12.7 Å². The maximum atomic E-state index is 12.0. The standard InChI is InChI=1S/C14H20N2O3/c1-19-11-4-5-13(17)12(10-11)14(18)15-6-9-16-7-2-3-8-16/h4-5,10,17H,2-3,6-9H2,1H3,(H,15,18). The monoisotopic (exact) mass is 264 g/mol. The van der Waals surface area contributed by atoms with E-state index < -0.39 is 0 Å². The Kier molecular flexibility index (Phi) is 4.63. The number of hydrogen-bond acceptors (Lipinski definition) is 4. The van der Waals surface area contributed by atoms with Crippen LogP contribution in [0.4, 0.5) is 0 Å². The van der Waals surface area contributed by atoms with Crippen LogP contribution in [0.2, 0.25) is 0 Å². The highest BCUT2D eigenvalue weighted by molar-refractivity contribution is 5.97. The fourth-order valence-corrected chi connectivity index (χ4v) is 2.25. The van der Waals surface area contributed by atoms with Crippen LogP contribution in [0.1, 0.15) is 23.2 Å². The number of phenolic OH excluding ortho intramolecular Hbond substituents is 1. The topological polar surface area (TPSA) is 61.8 Å². The Morgan fingerprint density at radius 3 is 2.84 bits per heavy atom. The molecular formula is C14H20N2O3. The first-order valence-corrected chi connectivity index (χ1v) is 6.58. The number of methoxy groups -OCH3 is 1. The van der Waals surface area contributed by atoms with Crippen LogP contribution in [0.3, 0.4) is 0 Å². The summed E-state index contributed by atoms with van der Waals surface area (Å²) >= 11 is 0. The van der Waals surface area contributed by atoms with Crippen molar-refractivity contribution in [1.82, 2.24) is 10.2 Å². The van der Waals surface area contributed by atoms with E-state index in [4.69, 9.17) is 4.74 Å². The maximum absolute atomic E-state index is 12.0. The van der Waals surface area contributed by atoms with Crippen LogP contribution < -0.4 is 10.1 Å². The molecule has 0 atom stereocenters. The summed E-state index contributed by atoms with van der Waals surface area (Å²) in [5.74, 6) is 0.262. The number of likely N-dealkylation sites (tertiary alicyclic amines) is 1. The van der Waals surface area contributed by atoms with Crippen LogP contribution in [0.15, 0.2) is 18.2 Å². The van der Waals surface area contributed by atoms with Crippen LogP contribution >= 0.6 is 0 Å². The zero-order valence-corrected chi connectivity index (χ0v) is 11.2. The van der Waals surface area contributed by atoms with Crippen molar-refractivity contribution >= 4 is 5.91 Å². The number of phenols is 1. The average Bonchev–Trinajstić information content (AvgIpc) is 2.92. The molecular weight excluding hydrogens is 244 g/mol. The molecule has 0 saturated carbocycles. The molecule has 5 nitrogen and oxygen atoms in total. The van der Waals surface area contributed by atoms with Crippen LogP contribution in [-0.2, 0) is 0 Å². The molecule has 1 fully saturated rings. The van der Waals surface area contributed by atoms with Crippen molar-refractivity contribution < 1.29 is 14.6 Å². The van der Waals surface area contributed by atoms with Crippen molar-refractivity contribution in [2.75, 3.05) is 33.3 Å². The Balaban J connectivity index is 1.88. The normalized spacial score (nSPS) is 15.4. The Labute approximate surface area is 113 Å². The van der Waals surface area contributed by atoms with Crippen LogP contribution in [-0.4, -0.2) is 49.2 Å². The van der Waals surface area contributed by atoms with E-state index >= 15 is 0 Å². The minimum Gasteiger partial charge on any atom is -0.507 e. The lowest BCUT2D eigenvalue weighted by Gasteiger charge is -2.15. The van der Waals surface area contributed by atoms with E-state index in [9.17, 15) is 9.90 Å². The molecule has 1 aliphatic heterocycles. The number of ether oxygens (including phenoxy) is 1. The fraction of sp³-hybridized carbons (Fsp3) is 0.500. The van der Waals surface area contributed by atoms with Crippen molar-refractivity contribution in [2.45, 2.75) is 12.8 Å². The third kappa shape index (κ3) is 3.61. The number of nitrogens with one attached hydrogen (secondary N) is 1. The first-order valence-electron chi connectivity index (χ1n) is 6.58. The zero-order valence-electron chi connectivity index (χ0n) is 11.2. The number of aromatic hydroxyl groups is 1. The molecule has 2 rings (SSSR count). The summed E-state index contributed by atoms with van der Waals surface area (Å²) in [6.07, 6.45) is 2.48. The maximum Gasteiger partial charge on any atom is 0.255 e. The van der Waals surface area contributed by atoms with E-state index in [0.29, 0.717) is 12.3 Å². The van der Waals surface area contributed by atoms with E-state index in [1.54, 1.807) is 12.1 Å². The molecule has 1 saturated heterocycles. The smallest absolute Gasteiger partial charge is 0.255 e. The van der Waals surface area contributed by atoms with Gasteiger partial charge in [-0.25, -0.2) is 0 Å². The predicted octanol–water partition coefficient (Wildman–Crippen LogP) is 1.23. The highest BCUT2D eigenvalue weighted by Gasteiger charge is 2.14. The first-order chi connectivity index (χ1) is 9.20. The summed E-state index contributed by atoms with van der Waals surface area (Å²) < 4.78 is 5.05. The highest BCUT2D eigenvalue weighted by atomic mass is 16.5. The molecule has 2 N–H and O–H groups in total. The van der Waals surface area contributed by atoms with Crippen molar-refractivity contribution in [3.05, 3.63) is 23.8 Å². The van der Waals surface area contributed by atoms with E-state index in [-0.39, 0.29) is 17.2 Å². The number of amides is 1. The van der Waals surface area contributed by atoms with Gasteiger partial charge in [0.1, 0.15) is 11.5 Å². The lowest BCUT2D eigenvalue weighted by Crippen LogP contribution is -2.33. The van der Waals surface area contributed by atoms with E-state index in [1.165, 1.54) is 26.0 Å². The van der Waals surface area contributed by atoms with E-state index in [0.717, 1.165) is 19.6 Å².